The lowest BCUT2D eigenvalue weighted by molar-refractivity contribution is 0.245. The van der Waals surface area contributed by atoms with Crippen LogP contribution < -0.4 is 4.90 Å². The summed E-state index contributed by atoms with van der Waals surface area (Å²) in [5, 5.41) is 5.66. The van der Waals surface area contributed by atoms with Gasteiger partial charge in [-0.15, -0.1) is 0 Å². The molecular weight excluding hydrogens is 412 g/mol. The van der Waals surface area contributed by atoms with Gasteiger partial charge >= 0.3 is 0 Å². The molecule has 26 heavy (non-hydrogen) atoms. The molecule has 0 saturated carbocycles. The van der Waals surface area contributed by atoms with E-state index in [1.807, 2.05) is 12.5 Å². The maximum atomic E-state index is 4.83. The number of hydrogen-bond donors (Lipinski definition) is 0. The highest BCUT2D eigenvalue weighted by atomic mass is 79.9. The maximum Gasteiger partial charge on any atom is 0.189 e. The highest BCUT2D eigenvalue weighted by Gasteiger charge is 2.24. The van der Waals surface area contributed by atoms with Crippen molar-refractivity contribution >= 4 is 33.5 Å². The van der Waals surface area contributed by atoms with E-state index >= 15 is 0 Å². The Hall–Kier alpha value is -1.12. The Bertz CT molecular complexity index is 784. The molecule has 1 fully saturated rings. The summed E-state index contributed by atoms with van der Waals surface area (Å²) in [5.74, 6) is 1.01. The first-order valence-electron chi connectivity index (χ1n) is 9.23. The average molecular weight is 437 g/mol. The lowest BCUT2D eigenvalue weighted by Crippen LogP contribution is -2.46. The second-order valence-electron chi connectivity index (χ2n) is 6.99. The summed E-state index contributed by atoms with van der Waals surface area (Å²) in [6, 6.07) is 0. The number of aromatic nitrogens is 4. The van der Waals surface area contributed by atoms with Gasteiger partial charge in [-0.3, -0.25) is 9.58 Å². The zero-order chi connectivity index (χ0) is 18.1. The van der Waals surface area contributed by atoms with Crippen LogP contribution in [0.5, 0.6) is 0 Å². The Kier molecular flexibility index (Phi) is 5.52. The first-order chi connectivity index (χ1) is 12.7. The van der Waals surface area contributed by atoms with Crippen molar-refractivity contribution in [2.45, 2.75) is 37.4 Å². The van der Waals surface area contributed by atoms with E-state index in [2.05, 4.69) is 47.4 Å². The van der Waals surface area contributed by atoms with Gasteiger partial charge in [0.15, 0.2) is 5.16 Å². The number of nitrogens with zero attached hydrogens (tertiary/aromatic N) is 6. The topological polar surface area (TPSA) is 50.1 Å². The Morgan fingerprint density at radius 1 is 1.15 bits per heavy atom. The number of anilines is 1. The van der Waals surface area contributed by atoms with Crippen LogP contribution >= 0.6 is 27.7 Å². The van der Waals surface area contributed by atoms with Gasteiger partial charge in [-0.2, -0.15) is 5.10 Å². The average Bonchev–Trinajstić information content (AvgIpc) is 2.99. The third kappa shape index (κ3) is 3.64. The van der Waals surface area contributed by atoms with Crippen LogP contribution in [0.25, 0.3) is 0 Å². The van der Waals surface area contributed by atoms with Crippen molar-refractivity contribution in [1.82, 2.24) is 24.6 Å². The van der Waals surface area contributed by atoms with Gasteiger partial charge in [-0.25, -0.2) is 9.97 Å². The molecule has 8 heteroatoms. The summed E-state index contributed by atoms with van der Waals surface area (Å²) in [5.41, 5.74) is 4.27. The van der Waals surface area contributed by atoms with Crippen molar-refractivity contribution in [3.63, 3.8) is 0 Å². The predicted molar refractivity (Wildman–Crippen MR) is 109 cm³/mol. The number of piperazine rings is 1. The molecule has 1 aliphatic heterocycles. The number of aryl methyl sites for hydroxylation is 1. The molecule has 0 N–H and O–H groups in total. The van der Waals surface area contributed by atoms with E-state index in [-0.39, 0.29) is 0 Å². The molecule has 3 heterocycles. The largest absolute Gasteiger partial charge is 0.353 e. The normalized spacial score (nSPS) is 18.2. The summed E-state index contributed by atoms with van der Waals surface area (Å²) < 4.78 is 3.09. The molecule has 0 atom stereocenters. The lowest BCUT2D eigenvalue weighted by atomic mass is 9.95. The number of rotatable bonds is 4. The second kappa shape index (κ2) is 7.86. The summed E-state index contributed by atoms with van der Waals surface area (Å²) in [4.78, 5) is 13.9. The van der Waals surface area contributed by atoms with E-state index in [1.165, 1.54) is 42.6 Å². The summed E-state index contributed by atoms with van der Waals surface area (Å²) in [6.45, 7) is 5.02. The van der Waals surface area contributed by atoms with Crippen LogP contribution in [0.4, 0.5) is 5.82 Å². The van der Waals surface area contributed by atoms with Gasteiger partial charge in [0.25, 0.3) is 0 Å². The quantitative estimate of drug-likeness (QED) is 0.542. The van der Waals surface area contributed by atoms with Crippen molar-refractivity contribution in [3.8, 4) is 0 Å². The summed E-state index contributed by atoms with van der Waals surface area (Å²) in [6.07, 6.45) is 8.87. The zero-order valence-corrected chi connectivity index (χ0v) is 17.8. The molecule has 2 aliphatic rings. The minimum absolute atomic E-state index is 0.825. The highest BCUT2D eigenvalue weighted by Crippen LogP contribution is 2.28. The third-order valence-corrected chi connectivity index (χ3v) is 6.50. The fourth-order valence-electron chi connectivity index (χ4n) is 3.98. The maximum absolute atomic E-state index is 4.83. The molecule has 0 radical (unpaired) electrons. The number of halogens is 1. The molecule has 0 amide bonds. The molecule has 140 valence electrons. The first-order valence-corrected chi connectivity index (χ1v) is 11.2. The molecule has 4 rings (SSSR count). The van der Waals surface area contributed by atoms with Crippen molar-refractivity contribution in [2.75, 3.05) is 37.3 Å². The van der Waals surface area contributed by atoms with Crippen LogP contribution in [0, 0.1) is 0 Å². The molecule has 1 saturated heterocycles. The van der Waals surface area contributed by atoms with Crippen molar-refractivity contribution < 1.29 is 0 Å². The van der Waals surface area contributed by atoms with Gasteiger partial charge in [0, 0.05) is 51.7 Å². The molecule has 0 bridgehead atoms. The fraction of sp³-hybridized carbons (Fsp3) is 0.611. The molecule has 1 aliphatic carbocycles. The van der Waals surface area contributed by atoms with Crippen molar-refractivity contribution in [1.29, 1.82) is 0 Å². The van der Waals surface area contributed by atoms with E-state index in [0.29, 0.717) is 0 Å². The van der Waals surface area contributed by atoms with Crippen LogP contribution in [-0.2, 0) is 26.4 Å². The Labute approximate surface area is 167 Å². The molecule has 6 nitrogen and oxygen atoms in total. The minimum atomic E-state index is 0.825. The Morgan fingerprint density at radius 2 is 1.92 bits per heavy atom. The van der Waals surface area contributed by atoms with Gasteiger partial charge < -0.3 is 4.90 Å². The smallest absolute Gasteiger partial charge is 0.189 e. The zero-order valence-electron chi connectivity index (χ0n) is 15.4. The Balaban J connectivity index is 1.42. The number of hydrogen-bond acceptors (Lipinski definition) is 6. The van der Waals surface area contributed by atoms with Crippen molar-refractivity contribution in [3.05, 3.63) is 27.6 Å². The lowest BCUT2D eigenvalue weighted by Gasteiger charge is -2.35. The third-order valence-electron chi connectivity index (χ3n) is 5.38. The van der Waals surface area contributed by atoms with Crippen molar-refractivity contribution in [2.24, 2.45) is 7.05 Å². The SMILES string of the molecule is CSc1ncc(Br)c(N2CCN(Cc3nn(C)c4c3CCCC4)CC2)n1. The van der Waals surface area contributed by atoms with E-state index < -0.39 is 0 Å². The van der Waals surface area contributed by atoms with Gasteiger partial charge in [0.05, 0.1) is 10.2 Å². The first kappa shape index (κ1) is 18.3. The van der Waals surface area contributed by atoms with E-state index in [0.717, 1.165) is 48.2 Å². The molecular formula is C18H25BrN6S. The molecule has 0 unspecified atom stereocenters. The van der Waals surface area contributed by atoms with E-state index in [1.54, 1.807) is 11.8 Å². The standard InChI is InChI=1S/C18H25BrN6S/c1-23-16-6-4-3-5-13(16)15(22-23)12-24-7-9-25(10-8-24)17-14(19)11-20-18(21-17)26-2/h11H,3-10,12H2,1-2H3. The Morgan fingerprint density at radius 3 is 2.69 bits per heavy atom. The second-order valence-corrected chi connectivity index (χ2v) is 8.62. The monoisotopic (exact) mass is 436 g/mol. The van der Waals surface area contributed by atoms with Crippen LogP contribution in [0.15, 0.2) is 15.8 Å². The molecule has 0 spiro atoms. The van der Waals surface area contributed by atoms with Gasteiger partial charge in [-0.1, -0.05) is 11.8 Å². The summed E-state index contributed by atoms with van der Waals surface area (Å²) in [7, 11) is 2.10. The fourth-order valence-corrected chi connectivity index (χ4v) is 4.76. The number of fused-ring (bicyclic) bond motifs is 1. The van der Waals surface area contributed by atoms with Crippen LogP contribution in [0.2, 0.25) is 0 Å². The van der Waals surface area contributed by atoms with Gasteiger partial charge in [0.2, 0.25) is 0 Å². The minimum Gasteiger partial charge on any atom is -0.353 e. The molecule has 2 aromatic rings. The summed E-state index contributed by atoms with van der Waals surface area (Å²) >= 11 is 5.19. The molecule has 0 aromatic carbocycles. The van der Waals surface area contributed by atoms with E-state index in [9.17, 15) is 0 Å². The van der Waals surface area contributed by atoms with Crippen LogP contribution in [-0.4, -0.2) is 57.1 Å². The predicted octanol–water partition coefficient (Wildman–Crippen LogP) is 2.90. The van der Waals surface area contributed by atoms with Gasteiger partial charge in [-0.05, 0) is 53.4 Å². The van der Waals surface area contributed by atoms with Crippen LogP contribution in [0.3, 0.4) is 0 Å². The van der Waals surface area contributed by atoms with Crippen LogP contribution in [0.1, 0.15) is 29.8 Å². The van der Waals surface area contributed by atoms with Gasteiger partial charge in [0.1, 0.15) is 5.82 Å². The highest BCUT2D eigenvalue weighted by molar-refractivity contribution is 9.10. The number of thioether (sulfide) groups is 1. The molecule has 2 aromatic heterocycles. The van der Waals surface area contributed by atoms with E-state index in [4.69, 9.17) is 5.10 Å².